The predicted molar refractivity (Wildman–Crippen MR) is 197 cm³/mol. The summed E-state index contributed by atoms with van der Waals surface area (Å²) in [6.07, 6.45) is 7.60. The van der Waals surface area contributed by atoms with E-state index in [1.807, 2.05) is 26.0 Å². The molecule has 2 atom stereocenters. The fourth-order valence-electron chi connectivity index (χ4n) is 7.94. The van der Waals surface area contributed by atoms with Crippen molar-refractivity contribution in [2.24, 2.45) is 5.92 Å². The van der Waals surface area contributed by atoms with Gasteiger partial charge in [-0.15, -0.1) is 0 Å². The van der Waals surface area contributed by atoms with Crippen LogP contribution < -0.4 is 25.6 Å². The fourth-order valence-corrected chi connectivity index (χ4v) is 9.77. The zero-order valence-corrected chi connectivity index (χ0v) is 30.7. The Morgan fingerprint density at radius 3 is 2.45 bits per heavy atom. The third kappa shape index (κ3) is 7.29. The number of nitrogens with one attached hydrogen (secondary N) is 2. The van der Waals surface area contributed by atoms with Crippen molar-refractivity contribution < 1.29 is 9.30 Å². The predicted octanol–water partition coefficient (Wildman–Crippen LogP) is 7.05. The van der Waals surface area contributed by atoms with E-state index in [1.54, 1.807) is 26.6 Å². The van der Waals surface area contributed by atoms with Crippen molar-refractivity contribution in [3.8, 4) is 5.75 Å². The fraction of sp³-hybridized carbons (Fsp3) is 0.556. The summed E-state index contributed by atoms with van der Waals surface area (Å²) in [4.78, 5) is 17.2. The van der Waals surface area contributed by atoms with Crippen LogP contribution in [0.3, 0.4) is 0 Å². The van der Waals surface area contributed by atoms with Gasteiger partial charge in [0.2, 0.25) is 5.95 Å². The molecule has 2 aromatic carbocycles. The summed E-state index contributed by atoms with van der Waals surface area (Å²) in [6, 6.07) is 9.68. The van der Waals surface area contributed by atoms with Gasteiger partial charge < -0.3 is 29.7 Å². The van der Waals surface area contributed by atoms with Gasteiger partial charge in [0.15, 0.2) is 5.82 Å². The molecule has 11 heteroatoms. The minimum Gasteiger partial charge on any atom is -0.494 e. The number of halogens is 1. The van der Waals surface area contributed by atoms with Crippen molar-refractivity contribution in [3.63, 3.8) is 0 Å². The Labute approximate surface area is 285 Å². The number of hydrogen-bond acceptors (Lipinski definition) is 9. The molecule has 7 rings (SSSR count). The first-order valence-electron chi connectivity index (χ1n) is 17.1. The molecule has 4 saturated heterocycles. The summed E-state index contributed by atoms with van der Waals surface area (Å²) < 4.78 is 19.2. The van der Waals surface area contributed by atoms with Gasteiger partial charge in [-0.2, -0.15) is 4.98 Å². The van der Waals surface area contributed by atoms with Gasteiger partial charge in [0.25, 0.3) is 0 Å². The molecule has 3 aromatic rings. The largest absolute Gasteiger partial charge is 0.494 e. The zero-order valence-electron chi connectivity index (χ0n) is 29.1. The molecule has 4 aliphatic heterocycles. The highest BCUT2D eigenvalue weighted by molar-refractivity contribution is 7.70. The van der Waals surface area contributed by atoms with Crippen LogP contribution in [0.25, 0.3) is 0 Å². The van der Waals surface area contributed by atoms with E-state index in [4.69, 9.17) is 21.3 Å². The van der Waals surface area contributed by atoms with Gasteiger partial charge in [-0.3, -0.25) is 4.90 Å². The van der Waals surface area contributed by atoms with Crippen molar-refractivity contribution in [1.29, 1.82) is 0 Å². The van der Waals surface area contributed by atoms with Crippen molar-refractivity contribution in [2.45, 2.75) is 65.0 Å². The number of benzene rings is 2. The minimum absolute atomic E-state index is 0.376. The highest BCUT2D eigenvalue weighted by Crippen LogP contribution is 2.42. The number of aromatic nitrogens is 2. The molecule has 1 aromatic heterocycles. The maximum Gasteiger partial charge on any atom is 0.229 e. The lowest BCUT2D eigenvalue weighted by Crippen LogP contribution is -2.48. The van der Waals surface area contributed by atoms with Gasteiger partial charge in [0, 0.05) is 61.9 Å². The first-order chi connectivity index (χ1) is 22.4. The molecule has 4 aliphatic rings. The van der Waals surface area contributed by atoms with E-state index in [9.17, 15) is 4.57 Å². The Hall–Kier alpha value is -2.84. The molecule has 2 bridgehead atoms. The SMILES string of the molecule is CCc1cc(Nc2ncc(Cl)c(Nc3ccc(C)c(C)c3P(C)(C)=O)n2)c(OC)cc1N1CCC(N2CC3CCC(C2)N(C)C3)CC1. The van der Waals surface area contributed by atoms with Crippen LogP contribution in [0.1, 0.15) is 49.3 Å². The molecule has 47 heavy (non-hydrogen) atoms. The number of piperidine rings is 2. The van der Waals surface area contributed by atoms with E-state index in [0.29, 0.717) is 22.8 Å². The van der Waals surface area contributed by atoms with Gasteiger partial charge in [-0.05, 0) is 101 Å². The van der Waals surface area contributed by atoms with E-state index in [1.165, 1.54) is 56.6 Å². The van der Waals surface area contributed by atoms with Crippen LogP contribution >= 0.6 is 18.7 Å². The van der Waals surface area contributed by atoms with E-state index in [2.05, 4.69) is 56.4 Å². The van der Waals surface area contributed by atoms with Crippen molar-refractivity contribution in [2.75, 3.05) is 75.7 Å². The molecular weight excluding hydrogens is 629 g/mol. The molecule has 0 amide bonds. The smallest absolute Gasteiger partial charge is 0.229 e. The number of likely N-dealkylation sites (N-methyl/N-ethyl adjacent to an activating group) is 1. The molecule has 0 spiro atoms. The summed E-state index contributed by atoms with van der Waals surface area (Å²) in [5.74, 6) is 2.40. The first kappa shape index (κ1) is 34.0. The van der Waals surface area contributed by atoms with Crippen LogP contribution in [0.2, 0.25) is 5.02 Å². The number of nitrogens with zero attached hydrogens (tertiary/aromatic N) is 5. The lowest BCUT2D eigenvalue weighted by atomic mass is 9.95. The van der Waals surface area contributed by atoms with Gasteiger partial charge in [0.05, 0.1) is 24.7 Å². The van der Waals surface area contributed by atoms with Crippen LogP contribution in [-0.2, 0) is 11.0 Å². The molecule has 0 radical (unpaired) electrons. The van der Waals surface area contributed by atoms with Crippen molar-refractivity contribution in [3.05, 3.63) is 52.2 Å². The quantitative estimate of drug-likeness (QED) is 0.231. The number of ether oxygens (including phenoxy) is 1. The zero-order chi connectivity index (χ0) is 33.5. The summed E-state index contributed by atoms with van der Waals surface area (Å²) in [5.41, 5.74) is 6.15. The first-order valence-corrected chi connectivity index (χ1v) is 20.1. The number of anilines is 5. The topological polar surface area (TPSA) is 85.9 Å². The van der Waals surface area contributed by atoms with Gasteiger partial charge in [-0.25, -0.2) is 4.98 Å². The molecule has 2 unspecified atom stereocenters. The number of aryl methyl sites for hydroxylation is 2. The van der Waals surface area contributed by atoms with Crippen LogP contribution in [0.15, 0.2) is 30.5 Å². The van der Waals surface area contributed by atoms with Crippen LogP contribution in [0, 0.1) is 19.8 Å². The molecule has 254 valence electrons. The second kappa shape index (κ2) is 13.9. The summed E-state index contributed by atoms with van der Waals surface area (Å²) >= 11 is 6.57. The highest BCUT2D eigenvalue weighted by Gasteiger charge is 2.36. The average molecular weight is 680 g/mol. The Kier molecular flexibility index (Phi) is 10.1. The molecule has 2 N–H and O–H groups in total. The third-order valence-electron chi connectivity index (χ3n) is 10.6. The lowest BCUT2D eigenvalue weighted by molar-refractivity contribution is 0.147. The summed E-state index contributed by atoms with van der Waals surface area (Å²) in [7, 11) is 1.44. The Bertz CT molecular complexity index is 1650. The monoisotopic (exact) mass is 679 g/mol. The molecular formula is C36H51ClN7O2P. The number of methoxy groups -OCH3 is 1. The lowest BCUT2D eigenvalue weighted by Gasteiger charge is -2.40. The normalized spacial score (nSPS) is 21.1. The van der Waals surface area contributed by atoms with E-state index >= 15 is 0 Å². The van der Waals surface area contributed by atoms with Gasteiger partial charge in [-0.1, -0.05) is 24.6 Å². The average Bonchev–Trinajstić information content (AvgIpc) is 3.35. The maximum absolute atomic E-state index is 13.3. The summed E-state index contributed by atoms with van der Waals surface area (Å²) in [6.45, 7) is 15.6. The Morgan fingerprint density at radius 1 is 1.00 bits per heavy atom. The standard InChI is InChI=1S/C36H51ClN7O2P/c1-8-26-17-31(40-36-38-19-29(37)35(41-36)39-30-12-9-23(2)24(3)34(30)47(6,7)45)33(46-5)18-32(26)43-15-13-27(14-16-43)44-21-25-10-11-28(22-44)42(4)20-25/h9,12,17-19,25,27-28H,8,10-11,13-16,20-22H2,1-7H3,(H2,38,39,40,41). The molecule has 9 nitrogen and oxygen atoms in total. The maximum atomic E-state index is 13.3. The van der Waals surface area contributed by atoms with E-state index in [-0.39, 0.29) is 0 Å². The number of hydrogen-bond donors (Lipinski definition) is 2. The molecule has 4 fully saturated rings. The third-order valence-corrected chi connectivity index (χ3v) is 12.5. The van der Waals surface area contributed by atoms with Gasteiger partial charge in [0.1, 0.15) is 17.9 Å². The number of fused-ring (bicyclic) bond motifs is 4. The Morgan fingerprint density at radius 2 is 1.77 bits per heavy atom. The highest BCUT2D eigenvalue weighted by atomic mass is 35.5. The minimum atomic E-state index is -2.58. The number of rotatable bonds is 9. The van der Waals surface area contributed by atoms with Crippen molar-refractivity contribution in [1.82, 2.24) is 19.8 Å². The Balaban J connectivity index is 1.19. The van der Waals surface area contributed by atoms with Crippen LogP contribution in [0.5, 0.6) is 5.75 Å². The van der Waals surface area contributed by atoms with E-state index < -0.39 is 7.14 Å². The second-order valence-corrected chi connectivity index (χ2v) is 17.7. The van der Waals surface area contributed by atoms with E-state index in [0.717, 1.165) is 65.0 Å². The second-order valence-electron chi connectivity index (χ2n) is 14.1. The van der Waals surface area contributed by atoms with Crippen LogP contribution in [-0.4, -0.2) is 92.1 Å². The molecule has 5 heterocycles. The summed E-state index contributed by atoms with van der Waals surface area (Å²) in [5, 5.41) is 7.92. The molecule has 0 aliphatic carbocycles. The van der Waals surface area contributed by atoms with Crippen molar-refractivity contribution >= 4 is 52.9 Å². The van der Waals surface area contributed by atoms with Crippen LogP contribution in [0.4, 0.5) is 28.8 Å². The molecule has 0 saturated carbocycles. The van der Waals surface area contributed by atoms with Gasteiger partial charge >= 0.3 is 0 Å².